The average molecular weight is 241 g/mol. The molecule has 1 heterocycles. The number of nitrogens with one attached hydrogen (secondary N) is 1. The molecule has 16 heavy (non-hydrogen) atoms. The summed E-state index contributed by atoms with van der Waals surface area (Å²) in [5.41, 5.74) is 6.27. The van der Waals surface area contributed by atoms with Gasteiger partial charge in [-0.15, -0.1) is 11.3 Å². The summed E-state index contributed by atoms with van der Waals surface area (Å²) in [6, 6.07) is 0.216. The zero-order chi connectivity index (χ0) is 12.3. The van der Waals surface area contributed by atoms with Crippen LogP contribution in [0.5, 0.6) is 0 Å². The number of carbonyl (C=O) groups is 1. The quantitative estimate of drug-likeness (QED) is 0.821. The Kier molecular flexibility index (Phi) is 4.44. The molecule has 0 saturated heterocycles. The topological polar surface area (TPSA) is 68.0 Å². The van der Waals surface area contributed by atoms with E-state index in [1.54, 1.807) is 11.3 Å². The summed E-state index contributed by atoms with van der Waals surface area (Å²) in [5.74, 6) is -0.409. The Morgan fingerprint density at radius 3 is 2.56 bits per heavy atom. The van der Waals surface area contributed by atoms with Crippen molar-refractivity contribution in [1.29, 1.82) is 0 Å². The molecule has 5 heteroatoms. The number of rotatable bonds is 5. The Morgan fingerprint density at radius 1 is 1.50 bits per heavy atom. The second-order valence-corrected chi connectivity index (χ2v) is 5.35. The van der Waals surface area contributed by atoms with E-state index in [1.807, 2.05) is 20.8 Å². The van der Waals surface area contributed by atoms with Crippen LogP contribution in [-0.4, -0.2) is 17.4 Å². The van der Waals surface area contributed by atoms with E-state index in [0.29, 0.717) is 6.54 Å². The van der Waals surface area contributed by atoms with Gasteiger partial charge in [0.15, 0.2) is 0 Å². The van der Waals surface area contributed by atoms with Gasteiger partial charge >= 0.3 is 0 Å². The molecule has 0 saturated carbocycles. The van der Waals surface area contributed by atoms with Crippen molar-refractivity contribution in [2.24, 2.45) is 11.7 Å². The molecule has 90 valence electrons. The van der Waals surface area contributed by atoms with Crippen LogP contribution < -0.4 is 11.1 Å². The van der Waals surface area contributed by atoms with Crippen molar-refractivity contribution in [3.8, 4) is 0 Å². The minimum absolute atomic E-state index is 0.142. The lowest BCUT2D eigenvalue weighted by molar-refractivity contribution is -0.121. The van der Waals surface area contributed by atoms with E-state index in [9.17, 15) is 4.79 Å². The summed E-state index contributed by atoms with van der Waals surface area (Å²) in [4.78, 5) is 16.5. The van der Waals surface area contributed by atoms with Gasteiger partial charge in [0.25, 0.3) is 0 Å². The lowest BCUT2D eigenvalue weighted by Crippen LogP contribution is -2.32. The molecule has 2 atom stereocenters. The maximum Gasteiger partial charge on any atom is 0.221 e. The van der Waals surface area contributed by atoms with Gasteiger partial charge in [-0.3, -0.25) is 4.79 Å². The third-order valence-corrected chi connectivity index (χ3v) is 3.80. The Labute approximate surface area is 100 Å². The molecule has 0 aliphatic rings. The average Bonchev–Trinajstić information content (AvgIpc) is 2.53. The monoisotopic (exact) mass is 241 g/mol. The van der Waals surface area contributed by atoms with Gasteiger partial charge in [0, 0.05) is 23.4 Å². The van der Waals surface area contributed by atoms with E-state index in [-0.39, 0.29) is 17.9 Å². The van der Waals surface area contributed by atoms with Gasteiger partial charge in [-0.25, -0.2) is 4.98 Å². The molecule has 2 unspecified atom stereocenters. The number of hydrogen-bond donors (Lipinski definition) is 2. The molecule has 0 aliphatic heterocycles. The number of thiazole rings is 1. The van der Waals surface area contributed by atoms with E-state index in [4.69, 9.17) is 5.73 Å². The molecule has 0 aliphatic carbocycles. The summed E-state index contributed by atoms with van der Waals surface area (Å²) in [7, 11) is 0. The van der Waals surface area contributed by atoms with Crippen LogP contribution in [0.3, 0.4) is 0 Å². The van der Waals surface area contributed by atoms with Gasteiger partial charge in [0.1, 0.15) is 0 Å². The fourth-order valence-corrected chi connectivity index (χ4v) is 2.45. The number of carbonyl (C=O) groups excluding carboxylic acids is 1. The molecule has 4 nitrogen and oxygen atoms in total. The largest absolute Gasteiger partial charge is 0.369 e. The predicted octanol–water partition coefficient (Wildman–Crippen LogP) is 1.53. The second kappa shape index (κ2) is 5.41. The van der Waals surface area contributed by atoms with Crippen molar-refractivity contribution in [3.63, 3.8) is 0 Å². The zero-order valence-corrected chi connectivity index (χ0v) is 11.0. The molecule has 0 spiro atoms. The van der Waals surface area contributed by atoms with Crippen molar-refractivity contribution in [1.82, 2.24) is 10.3 Å². The van der Waals surface area contributed by atoms with Crippen molar-refractivity contribution in [3.05, 3.63) is 15.6 Å². The highest BCUT2D eigenvalue weighted by Gasteiger charge is 2.15. The smallest absolute Gasteiger partial charge is 0.221 e. The first-order valence-corrected chi connectivity index (χ1v) is 6.20. The first kappa shape index (κ1) is 13.1. The third-order valence-electron chi connectivity index (χ3n) is 2.55. The SMILES string of the molecule is Cc1nc(C)c(C(C)NCC(C)C(N)=O)s1. The summed E-state index contributed by atoms with van der Waals surface area (Å²) in [5, 5.41) is 4.38. The van der Waals surface area contributed by atoms with Crippen molar-refractivity contribution < 1.29 is 4.79 Å². The zero-order valence-electron chi connectivity index (χ0n) is 10.2. The number of hydrogen-bond acceptors (Lipinski definition) is 4. The highest BCUT2D eigenvalue weighted by Crippen LogP contribution is 2.24. The van der Waals surface area contributed by atoms with E-state index in [1.165, 1.54) is 4.88 Å². The molecular formula is C11H19N3OS. The lowest BCUT2D eigenvalue weighted by Gasteiger charge is -2.15. The van der Waals surface area contributed by atoms with Crippen molar-refractivity contribution >= 4 is 17.2 Å². The number of aryl methyl sites for hydroxylation is 2. The second-order valence-electron chi connectivity index (χ2n) is 4.12. The number of amides is 1. The van der Waals surface area contributed by atoms with Crippen LogP contribution in [-0.2, 0) is 4.79 Å². The van der Waals surface area contributed by atoms with Gasteiger partial charge in [-0.2, -0.15) is 0 Å². The standard InChI is InChI=1S/C11H19N3OS/c1-6(11(12)15)5-13-7(2)10-8(3)14-9(4)16-10/h6-7,13H,5H2,1-4H3,(H2,12,15). The number of primary amides is 1. The number of aromatic nitrogens is 1. The maximum absolute atomic E-state index is 10.9. The molecule has 0 fully saturated rings. The first-order valence-electron chi connectivity index (χ1n) is 5.38. The van der Waals surface area contributed by atoms with Crippen LogP contribution in [0.15, 0.2) is 0 Å². The fraction of sp³-hybridized carbons (Fsp3) is 0.636. The van der Waals surface area contributed by atoms with Gasteiger partial charge < -0.3 is 11.1 Å². The molecule has 0 radical (unpaired) electrons. The molecule has 0 bridgehead atoms. The molecule has 0 aromatic carbocycles. The van der Waals surface area contributed by atoms with Gasteiger partial charge in [-0.05, 0) is 20.8 Å². The molecule has 1 aromatic rings. The van der Waals surface area contributed by atoms with E-state index in [2.05, 4.69) is 17.2 Å². The van der Waals surface area contributed by atoms with Crippen LogP contribution in [0.4, 0.5) is 0 Å². The summed E-state index contributed by atoms with van der Waals surface area (Å²) in [6.07, 6.45) is 0. The third kappa shape index (κ3) is 3.28. The van der Waals surface area contributed by atoms with E-state index >= 15 is 0 Å². The van der Waals surface area contributed by atoms with Crippen LogP contribution in [0.2, 0.25) is 0 Å². The Hall–Kier alpha value is -0.940. The molecule has 1 amide bonds. The van der Waals surface area contributed by atoms with Crippen LogP contribution in [0, 0.1) is 19.8 Å². The van der Waals surface area contributed by atoms with Crippen molar-refractivity contribution in [2.75, 3.05) is 6.54 Å². The van der Waals surface area contributed by atoms with Gasteiger partial charge in [0.2, 0.25) is 5.91 Å². The van der Waals surface area contributed by atoms with Crippen LogP contribution >= 0.6 is 11.3 Å². The maximum atomic E-state index is 10.9. The van der Waals surface area contributed by atoms with Gasteiger partial charge in [0.05, 0.1) is 10.7 Å². The fourth-order valence-electron chi connectivity index (χ4n) is 1.50. The van der Waals surface area contributed by atoms with Crippen LogP contribution in [0.1, 0.15) is 35.5 Å². The Morgan fingerprint density at radius 2 is 2.12 bits per heavy atom. The Bertz CT molecular complexity index is 375. The molecule has 1 rings (SSSR count). The van der Waals surface area contributed by atoms with Crippen LogP contribution in [0.25, 0.3) is 0 Å². The Balaban J connectivity index is 2.56. The van der Waals surface area contributed by atoms with E-state index < -0.39 is 0 Å². The summed E-state index contributed by atoms with van der Waals surface area (Å²) < 4.78 is 0. The van der Waals surface area contributed by atoms with Gasteiger partial charge in [-0.1, -0.05) is 6.92 Å². The minimum atomic E-state index is -0.267. The molecular weight excluding hydrogens is 222 g/mol. The van der Waals surface area contributed by atoms with Crippen molar-refractivity contribution in [2.45, 2.75) is 33.7 Å². The highest BCUT2D eigenvalue weighted by molar-refractivity contribution is 7.11. The first-order chi connectivity index (χ1) is 7.41. The number of nitrogens with two attached hydrogens (primary N) is 1. The highest BCUT2D eigenvalue weighted by atomic mass is 32.1. The molecule has 1 aromatic heterocycles. The molecule has 3 N–H and O–H groups in total. The predicted molar refractivity (Wildman–Crippen MR) is 66.4 cm³/mol. The lowest BCUT2D eigenvalue weighted by atomic mass is 10.1. The normalized spacial score (nSPS) is 14.8. The summed E-state index contributed by atoms with van der Waals surface area (Å²) >= 11 is 1.69. The minimum Gasteiger partial charge on any atom is -0.369 e. The summed E-state index contributed by atoms with van der Waals surface area (Å²) in [6.45, 7) is 8.52. The van der Waals surface area contributed by atoms with E-state index in [0.717, 1.165) is 10.7 Å². The number of nitrogens with zero attached hydrogens (tertiary/aromatic N) is 1.